The van der Waals surface area contributed by atoms with Crippen molar-refractivity contribution in [3.63, 3.8) is 0 Å². The van der Waals surface area contributed by atoms with E-state index in [4.69, 9.17) is 4.74 Å². The maximum absolute atomic E-state index is 13.1. The van der Waals surface area contributed by atoms with E-state index in [1.807, 2.05) is 20.8 Å². The van der Waals surface area contributed by atoms with Crippen LogP contribution >= 0.6 is 0 Å². The number of carbonyl (C=O) groups excluding carboxylic acids is 1. The number of hydrogen-bond acceptors (Lipinski definition) is 5. The summed E-state index contributed by atoms with van der Waals surface area (Å²) in [6, 6.07) is 11.0. The van der Waals surface area contributed by atoms with Gasteiger partial charge in [-0.1, -0.05) is 0 Å². The number of anilines is 1. The van der Waals surface area contributed by atoms with Crippen LogP contribution in [-0.4, -0.2) is 39.7 Å². The first-order chi connectivity index (χ1) is 14.2. The molecular formula is C21H23FN6O2. The number of benzene rings is 1. The summed E-state index contributed by atoms with van der Waals surface area (Å²) in [7, 11) is 1.50. The van der Waals surface area contributed by atoms with E-state index in [1.54, 1.807) is 30.3 Å². The van der Waals surface area contributed by atoms with Crippen LogP contribution in [0.3, 0.4) is 0 Å². The number of hydrogen-bond donors (Lipinski definition) is 3. The number of aromatic nitrogens is 3. The quantitative estimate of drug-likeness (QED) is 0.450. The van der Waals surface area contributed by atoms with E-state index >= 15 is 0 Å². The minimum atomic E-state index is -0.454. The smallest absolute Gasteiger partial charge is 0.259 e. The van der Waals surface area contributed by atoms with Crippen molar-refractivity contribution in [2.75, 3.05) is 12.4 Å². The number of rotatable bonds is 4. The van der Waals surface area contributed by atoms with Crippen molar-refractivity contribution in [1.82, 2.24) is 20.5 Å². The Labute approximate surface area is 173 Å². The summed E-state index contributed by atoms with van der Waals surface area (Å²) in [5.74, 6) is 0.408. The molecule has 0 fully saturated rings. The molecule has 0 aliphatic heterocycles. The topological polar surface area (TPSA) is 104 Å². The van der Waals surface area contributed by atoms with E-state index in [9.17, 15) is 9.18 Å². The second kappa shape index (κ2) is 8.73. The number of ether oxygens (including phenoxy) is 1. The molecule has 9 heteroatoms. The van der Waals surface area contributed by atoms with Crippen LogP contribution in [0.1, 0.15) is 31.1 Å². The van der Waals surface area contributed by atoms with E-state index in [-0.39, 0.29) is 17.7 Å². The molecule has 0 unspecified atom stereocenters. The predicted octanol–water partition coefficient (Wildman–Crippen LogP) is 3.62. The Hall–Kier alpha value is -3.75. The molecule has 0 saturated heterocycles. The molecule has 1 amide bonds. The number of pyridine rings is 1. The minimum Gasteiger partial charge on any atom is -0.481 e. The molecule has 2 aromatic heterocycles. The third kappa shape index (κ3) is 5.63. The Morgan fingerprint density at radius 3 is 2.50 bits per heavy atom. The second-order valence-electron chi connectivity index (χ2n) is 7.47. The maximum atomic E-state index is 13.1. The van der Waals surface area contributed by atoms with Crippen molar-refractivity contribution >= 4 is 17.7 Å². The summed E-state index contributed by atoms with van der Waals surface area (Å²) < 4.78 is 18.1. The van der Waals surface area contributed by atoms with Gasteiger partial charge >= 0.3 is 0 Å². The standard InChI is InChI=1S/C21H23FN6O2/c1-21(2,3)26-20(25-19(29)14-7-10-18(30-4)23-12-14)24-17-11-16(27-28-17)13-5-8-15(22)9-6-13/h5-12H,1-4H3,(H3,24,25,26,27,28,29). The van der Waals surface area contributed by atoms with E-state index < -0.39 is 5.54 Å². The average Bonchev–Trinajstić information content (AvgIpc) is 3.15. The Morgan fingerprint density at radius 1 is 1.17 bits per heavy atom. The van der Waals surface area contributed by atoms with Crippen LogP contribution in [0.15, 0.2) is 53.7 Å². The number of nitrogens with zero attached hydrogens (tertiary/aromatic N) is 3. The van der Waals surface area contributed by atoms with Gasteiger partial charge in [-0.15, -0.1) is 0 Å². The molecule has 0 aliphatic rings. The minimum absolute atomic E-state index is 0.237. The molecule has 8 nitrogen and oxygen atoms in total. The molecule has 1 aromatic carbocycles. The van der Waals surface area contributed by atoms with E-state index in [2.05, 4.69) is 30.8 Å². The van der Waals surface area contributed by atoms with Crippen LogP contribution in [0.2, 0.25) is 0 Å². The Balaban J connectivity index is 1.78. The monoisotopic (exact) mass is 410 g/mol. The molecule has 0 bridgehead atoms. The van der Waals surface area contributed by atoms with Gasteiger partial charge in [0, 0.05) is 18.3 Å². The fourth-order valence-electron chi connectivity index (χ4n) is 2.52. The first-order valence-electron chi connectivity index (χ1n) is 9.23. The largest absolute Gasteiger partial charge is 0.481 e. The van der Waals surface area contributed by atoms with Gasteiger partial charge < -0.3 is 10.1 Å². The zero-order valence-corrected chi connectivity index (χ0v) is 17.2. The Morgan fingerprint density at radius 2 is 1.90 bits per heavy atom. The lowest BCUT2D eigenvalue weighted by atomic mass is 10.1. The van der Waals surface area contributed by atoms with Gasteiger partial charge in [0.15, 0.2) is 5.82 Å². The fourth-order valence-corrected chi connectivity index (χ4v) is 2.52. The van der Waals surface area contributed by atoms with Crippen LogP contribution in [0.25, 0.3) is 11.3 Å². The number of aliphatic imine (C=N–C) groups is 1. The van der Waals surface area contributed by atoms with Crippen molar-refractivity contribution in [2.45, 2.75) is 26.3 Å². The van der Waals surface area contributed by atoms with Crippen molar-refractivity contribution in [3.8, 4) is 17.1 Å². The van der Waals surface area contributed by atoms with Gasteiger partial charge in [-0.2, -0.15) is 5.10 Å². The zero-order valence-electron chi connectivity index (χ0n) is 17.2. The summed E-state index contributed by atoms with van der Waals surface area (Å²) in [5, 5.41) is 12.8. The summed E-state index contributed by atoms with van der Waals surface area (Å²) in [6.07, 6.45) is 1.42. The number of H-pyrrole nitrogens is 1. The van der Waals surface area contributed by atoms with Gasteiger partial charge in [0.05, 0.1) is 23.9 Å². The van der Waals surface area contributed by atoms with E-state index in [1.165, 1.54) is 25.4 Å². The van der Waals surface area contributed by atoms with Crippen LogP contribution in [-0.2, 0) is 0 Å². The number of carbonyl (C=O) groups is 1. The number of aromatic amines is 1. The van der Waals surface area contributed by atoms with E-state index in [0.29, 0.717) is 23.0 Å². The highest BCUT2D eigenvalue weighted by molar-refractivity contribution is 6.09. The summed E-state index contributed by atoms with van der Waals surface area (Å²) in [6.45, 7) is 5.72. The second-order valence-corrected chi connectivity index (χ2v) is 7.47. The van der Waals surface area contributed by atoms with Crippen LogP contribution in [0.5, 0.6) is 5.88 Å². The molecule has 0 atom stereocenters. The lowest BCUT2D eigenvalue weighted by Gasteiger charge is -2.17. The Kier molecular flexibility index (Phi) is 6.10. The van der Waals surface area contributed by atoms with Crippen molar-refractivity contribution < 1.29 is 13.9 Å². The molecule has 0 radical (unpaired) electrons. The molecule has 3 rings (SSSR count). The molecule has 3 aromatic rings. The highest BCUT2D eigenvalue weighted by Gasteiger charge is 2.16. The molecule has 0 saturated carbocycles. The van der Waals surface area contributed by atoms with Gasteiger partial charge in [-0.3, -0.25) is 15.2 Å². The van der Waals surface area contributed by atoms with Crippen molar-refractivity contribution in [2.24, 2.45) is 4.99 Å². The van der Waals surface area contributed by atoms with Crippen LogP contribution in [0.4, 0.5) is 10.2 Å². The predicted molar refractivity (Wildman–Crippen MR) is 113 cm³/mol. The number of amides is 1. The van der Waals surface area contributed by atoms with E-state index in [0.717, 1.165) is 5.56 Å². The summed E-state index contributed by atoms with van der Waals surface area (Å²) in [4.78, 5) is 21.2. The summed E-state index contributed by atoms with van der Waals surface area (Å²) in [5.41, 5.74) is 1.37. The van der Waals surface area contributed by atoms with Gasteiger partial charge in [-0.25, -0.2) is 14.4 Å². The van der Waals surface area contributed by atoms with Gasteiger partial charge in [0.25, 0.3) is 5.91 Å². The lowest BCUT2D eigenvalue weighted by molar-refractivity contribution is 0.0976. The highest BCUT2D eigenvalue weighted by Crippen LogP contribution is 2.20. The molecular weight excluding hydrogens is 387 g/mol. The molecule has 30 heavy (non-hydrogen) atoms. The van der Waals surface area contributed by atoms with Gasteiger partial charge in [0.2, 0.25) is 11.8 Å². The molecule has 2 heterocycles. The Bertz CT molecular complexity index is 1040. The highest BCUT2D eigenvalue weighted by atomic mass is 19.1. The zero-order chi connectivity index (χ0) is 21.7. The van der Waals surface area contributed by atoms with Crippen molar-refractivity contribution in [1.29, 1.82) is 0 Å². The molecule has 3 N–H and O–H groups in total. The van der Waals surface area contributed by atoms with Gasteiger partial charge in [-0.05, 0) is 56.7 Å². The third-order valence-corrected chi connectivity index (χ3v) is 3.87. The number of nitrogens with one attached hydrogen (secondary N) is 3. The maximum Gasteiger partial charge on any atom is 0.259 e. The molecule has 0 aliphatic carbocycles. The fraction of sp³-hybridized carbons (Fsp3) is 0.238. The molecule has 156 valence electrons. The summed E-state index contributed by atoms with van der Waals surface area (Å²) >= 11 is 0. The van der Waals surface area contributed by atoms with Crippen LogP contribution < -0.4 is 15.4 Å². The molecule has 0 spiro atoms. The first-order valence-corrected chi connectivity index (χ1v) is 9.23. The SMILES string of the molecule is COc1ccc(C(=O)NC(=NC(C)(C)C)Nc2cc(-c3ccc(F)cc3)[nH]n2)cn1. The first kappa shape index (κ1) is 21.0. The normalized spacial score (nSPS) is 11.8. The average molecular weight is 410 g/mol. The van der Waals surface area contributed by atoms with Crippen LogP contribution in [0, 0.1) is 5.82 Å². The van der Waals surface area contributed by atoms with Gasteiger partial charge in [0.1, 0.15) is 5.82 Å². The van der Waals surface area contributed by atoms with Crippen molar-refractivity contribution in [3.05, 3.63) is 60.0 Å². The third-order valence-electron chi connectivity index (χ3n) is 3.87. The number of guanidine groups is 1. The lowest BCUT2D eigenvalue weighted by Crippen LogP contribution is -2.38. The number of methoxy groups -OCH3 is 1. The number of halogens is 1.